The van der Waals surface area contributed by atoms with Crippen molar-refractivity contribution in [3.8, 4) is 5.75 Å². The van der Waals surface area contributed by atoms with Gasteiger partial charge in [-0.3, -0.25) is 9.59 Å². The number of azo groups is 1. The zero-order valence-corrected chi connectivity index (χ0v) is 21.1. The maximum atomic E-state index is 12.2. The lowest BCUT2D eigenvalue weighted by molar-refractivity contribution is -0.135. The molecule has 0 aliphatic carbocycles. The van der Waals surface area contributed by atoms with Crippen molar-refractivity contribution in [1.29, 1.82) is 0 Å². The van der Waals surface area contributed by atoms with E-state index in [2.05, 4.69) is 25.8 Å². The van der Waals surface area contributed by atoms with Crippen LogP contribution in [0.4, 0.5) is 23.0 Å². The molecule has 0 spiro atoms. The highest BCUT2D eigenvalue weighted by atomic mass is 16.6. The minimum Gasteiger partial charge on any atom is -0.424 e. The highest BCUT2D eigenvalue weighted by Crippen LogP contribution is 2.30. The van der Waals surface area contributed by atoms with E-state index >= 15 is 0 Å². The van der Waals surface area contributed by atoms with Gasteiger partial charge in [0.1, 0.15) is 17.2 Å². The average molecular weight is 519 g/mol. The van der Waals surface area contributed by atoms with Crippen LogP contribution >= 0.6 is 0 Å². The summed E-state index contributed by atoms with van der Waals surface area (Å²) in [5, 5.41) is 13.6. The zero-order chi connectivity index (χ0) is 26.7. The third-order valence-corrected chi connectivity index (χ3v) is 4.49. The van der Waals surface area contributed by atoms with Crippen LogP contribution in [0.2, 0.25) is 0 Å². The monoisotopic (exact) mass is 518 g/mol. The van der Waals surface area contributed by atoms with Gasteiger partial charge >= 0.3 is 5.97 Å². The number of amides is 1. The molecule has 4 N–H and O–H groups in total. The van der Waals surface area contributed by atoms with E-state index in [0.717, 1.165) is 0 Å². The van der Waals surface area contributed by atoms with Crippen molar-refractivity contribution >= 4 is 34.9 Å². The molecule has 0 saturated carbocycles. The third kappa shape index (κ3) is 12.3. The van der Waals surface area contributed by atoms with Crippen molar-refractivity contribution in [3.05, 3.63) is 36.4 Å². The molecule has 0 bridgehead atoms. The number of hydrogen-bond donors (Lipinski definition) is 3. The van der Waals surface area contributed by atoms with E-state index in [4.69, 9.17) is 29.4 Å². The average Bonchev–Trinajstić information content (AvgIpc) is 2.88. The summed E-state index contributed by atoms with van der Waals surface area (Å²) in [5.41, 5.74) is 6.57. The molecule has 202 valence electrons. The maximum absolute atomic E-state index is 12.2. The Morgan fingerprint density at radius 3 is 2.22 bits per heavy atom. The molecule has 2 rings (SSSR count). The number of nitrogens with one attached hydrogen (secondary N) is 2. The first-order chi connectivity index (χ1) is 18.0. The highest BCUT2D eigenvalue weighted by molar-refractivity contribution is 5.91. The summed E-state index contributed by atoms with van der Waals surface area (Å²) < 4.78 is 26.3. The van der Waals surface area contributed by atoms with Crippen LogP contribution in [-0.2, 0) is 28.5 Å². The Morgan fingerprint density at radius 1 is 0.892 bits per heavy atom. The number of carbonyl (C=O) groups excluding carboxylic acids is 2. The van der Waals surface area contributed by atoms with E-state index in [1.54, 1.807) is 50.6 Å². The largest absolute Gasteiger partial charge is 0.424 e. The number of rotatable bonds is 18. The molecule has 1 amide bonds. The van der Waals surface area contributed by atoms with Gasteiger partial charge in [0.05, 0.1) is 59.2 Å². The first-order valence-corrected chi connectivity index (χ1v) is 11.7. The number of ether oxygens (including phenoxy) is 5. The molecule has 13 heteroatoms. The van der Waals surface area contributed by atoms with Crippen molar-refractivity contribution in [2.75, 3.05) is 78.0 Å². The van der Waals surface area contributed by atoms with Gasteiger partial charge in [0.25, 0.3) is 0 Å². The summed E-state index contributed by atoms with van der Waals surface area (Å²) in [6.07, 6.45) is 0.0587. The molecule has 2 aromatic rings. The number of nitrogens with two attached hydrogens (primary N) is 1. The molecule has 0 saturated heterocycles. The molecule has 1 heterocycles. The van der Waals surface area contributed by atoms with E-state index in [0.29, 0.717) is 56.8 Å². The molecular formula is C24H34N6O7. The lowest BCUT2D eigenvalue weighted by atomic mass is 10.3. The van der Waals surface area contributed by atoms with Crippen molar-refractivity contribution in [2.45, 2.75) is 6.42 Å². The lowest BCUT2D eigenvalue weighted by Gasteiger charge is -2.08. The van der Waals surface area contributed by atoms with Crippen LogP contribution in [0.5, 0.6) is 5.75 Å². The molecule has 0 aliphatic rings. The Kier molecular flexibility index (Phi) is 14.4. The number of carbonyl (C=O) groups is 2. The van der Waals surface area contributed by atoms with Gasteiger partial charge in [0.15, 0.2) is 11.6 Å². The molecule has 0 atom stereocenters. The van der Waals surface area contributed by atoms with Crippen LogP contribution in [-0.4, -0.2) is 83.8 Å². The molecule has 0 unspecified atom stereocenters. The number of para-hydroxylation sites is 1. The van der Waals surface area contributed by atoms with E-state index in [1.807, 2.05) is 0 Å². The number of hydrogen-bond acceptors (Lipinski definition) is 12. The fourth-order valence-corrected chi connectivity index (χ4v) is 2.72. The van der Waals surface area contributed by atoms with Gasteiger partial charge in [-0.05, 0) is 31.3 Å². The fourth-order valence-electron chi connectivity index (χ4n) is 2.72. The normalized spacial score (nSPS) is 11.1. The number of methoxy groups -OCH3 is 1. The minimum absolute atomic E-state index is 0.0587. The molecule has 0 fully saturated rings. The second kappa shape index (κ2) is 17.9. The summed E-state index contributed by atoms with van der Waals surface area (Å²) in [5.74, 6) is -0.0988. The molecule has 37 heavy (non-hydrogen) atoms. The molecule has 13 nitrogen and oxygen atoms in total. The van der Waals surface area contributed by atoms with Crippen LogP contribution in [0.3, 0.4) is 0 Å². The zero-order valence-electron chi connectivity index (χ0n) is 21.1. The lowest BCUT2D eigenvalue weighted by Crippen LogP contribution is -2.25. The van der Waals surface area contributed by atoms with E-state index in [9.17, 15) is 9.59 Å². The van der Waals surface area contributed by atoms with Crippen molar-refractivity contribution in [1.82, 2.24) is 10.3 Å². The Hall–Kier alpha value is -3.49. The van der Waals surface area contributed by atoms with Gasteiger partial charge in [-0.15, -0.1) is 10.2 Å². The van der Waals surface area contributed by atoms with E-state index in [-0.39, 0.29) is 37.0 Å². The van der Waals surface area contributed by atoms with Gasteiger partial charge in [-0.2, -0.15) is 0 Å². The van der Waals surface area contributed by atoms with Crippen LogP contribution in [0.1, 0.15) is 6.42 Å². The summed E-state index contributed by atoms with van der Waals surface area (Å²) in [7, 11) is 3.28. The topological polar surface area (TPSA) is 168 Å². The highest BCUT2D eigenvalue weighted by Gasteiger charge is 2.10. The predicted octanol–water partition coefficient (Wildman–Crippen LogP) is 2.23. The number of benzene rings is 1. The molecular weight excluding hydrogens is 484 g/mol. The van der Waals surface area contributed by atoms with Gasteiger partial charge < -0.3 is 40.1 Å². The van der Waals surface area contributed by atoms with Crippen molar-refractivity contribution in [3.63, 3.8) is 0 Å². The fraction of sp³-hybridized carbons (Fsp3) is 0.458. The number of anilines is 2. The standard InChI is InChI=1S/C24H34N6O7/c1-26-17-22(31)27-21-8-7-19(24(25)28-21)30-29-18-5-3-4-6-20(18)37-23(32)9-10-34-13-14-36-16-15-35-12-11-33-2/h3-8,26H,9-17H2,1-2H3,(H3,25,27,28,31). The van der Waals surface area contributed by atoms with E-state index in [1.165, 1.54) is 0 Å². The Bertz CT molecular complexity index is 1010. The summed E-state index contributed by atoms with van der Waals surface area (Å²) >= 11 is 0. The van der Waals surface area contributed by atoms with Crippen molar-refractivity contribution < 1.29 is 33.3 Å². The number of aromatic nitrogens is 1. The molecule has 0 radical (unpaired) electrons. The van der Waals surface area contributed by atoms with Crippen LogP contribution in [0, 0.1) is 0 Å². The quantitative estimate of drug-likeness (QED) is 0.115. The van der Waals surface area contributed by atoms with E-state index < -0.39 is 5.97 Å². The van der Waals surface area contributed by atoms with Gasteiger partial charge in [0.2, 0.25) is 5.91 Å². The summed E-state index contributed by atoms with van der Waals surface area (Å²) in [4.78, 5) is 28.0. The SMILES string of the molecule is CNCC(=O)Nc1ccc(N=Nc2ccccc2OC(=O)CCOCCOCCOCCOC)c(N)n1. The molecule has 1 aromatic heterocycles. The first kappa shape index (κ1) is 29.7. The number of likely N-dealkylation sites (N-methyl/N-ethyl adjacent to an activating group) is 1. The Balaban J connectivity index is 1.76. The number of nitrogen functional groups attached to an aromatic ring is 1. The van der Waals surface area contributed by atoms with Crippen LogP contribution in [0.15, 0.2) is 46.6 Å². The predicted molar refractivity (Wildman–Crippen MR) is 136 cm³/mol. The number of nitrogens with zero attached hydrogens (tertiary/aromatic N) is 3. The second-order valence-electron chi connectivity index (χ2n) is 7.40. The first-order valence-electron chi connectivity index (χ1n) is 11.7. The minimum atomic E-state index is -0.474. The van der Waals surface area contributed by atoms with Gasteiger partial charge in [-0.1, -0.05) is 12.1 Å². The smallest absolute Gasteiger partial charge is 0.313 e. The van der Waals surface area contributed by atoms with Crippen LogP contribution < -0.4 is 21.1 Å². The third-order valence-electron chi connectivity index (χ3n) is 4.49. The van der Waals surface area contributed by atoms with Gasteiger partial charge in [0, 0.05) is 7.11 Å². The van der Waals surface area contributed by atoms with Crippen LogP contribution in [0.25, 0.3) is 0 Å². The van der Waals surface area contributed by atoms with Crippen molar-refractivity contribution in [2.24, 2.45) is 10.2 Å². The molecule has 1 aromatic carbocycles. The summed E-state index contributed by atoms with van der Waals surface area (Å²) in [6.45, 7) is 3.10. The molecule has 0 aliphatic heterocycles. The Labute approximate surface area is 215 Å². The number of esters is 1. The maximum Gasteiger partial charge on any atom is 0.313 e. The number of pyridine rings is 1. The summed E-state index contributed by atoms with van der Waals surface area (Å²) in [6, 6.07) is 9.84. The van der Waals surface area contributed by atoms with Gasteiger partial charge in [-0.25, -0.2) is 4.98 Å². The second-order valence-corrected chi connectivity index (χ2v) is 7.40. The Morgan fingerprint density at radius 2 is 1.54 bits per heavy atom.